The Balaban J connectivity index is 2.09. The van der Waals surface area contributed by atoms with Crippen LogP contribution < -0.4 is 0 Å². The maximum Gasteiger partial charge on any atom is 0.320 e. The minimum absolute atomic E-state index is 0.0788. The highest BCUT2D eigenvalue weighted by molar-refractivity contribution is 7.13. The van der Waals surface area contributed by atoms with Crippen molar-refractivity contribution in [2.24, 2.45) is 7.05 Å². The van der Waals surface area contributed by atoms with Gasteiger partial charge in [-0.15, -0.1) is 11.3 Å². The molecule has 0 radical (unpaired) electrons. The largest absolute Gasteiger partial charge is 0.332 e. The molecule has 9 heteroatoms. The van der Waals surface area contributed by atoms with E-state index in [1.165, 1.54) is 16.0 Å². The van der Waals surface area contributed by atoms with Crippen molar-refractivity contribution in [2.45, 2.75) is 0 Å². The van der Waals surface area contributed by atoms with Gasteiger partial charge in [0.2, 0.25) is 11.5 Å². The van der Waals surface area contributed by atoms with Gasteiger partial charge in [-0.2, -0.15) is 10.1 Å². The second kappa shape index (κ2) is 4.28. The molecule has 3 aromatic heterocycles. The summed E-state index contributed by atoms with van der Waals surface area (Å²) in [6.45, 7) is 0. The van der Waals surface area contributed by atoms with Crippen LogP contribution in [0.5, 0.6) is 0 Å². The van der Waals surface area contributed by atoms with Gasteiger partial charge in [0.15, 0.2) is 0 Å². The molecule has 19 heavy (non-hydrogen) atoms. The van der Waals surface area contributed by atoms with Crippen LogP contribution in [0.4, 0.5) is 5.69 Å². The fourth-order valence-electron chi connectivity index (χ4n) is 1.63. The van der Waals surface area contributed by atoms with E-state index in [-0.39, 0.29) is 17.3 Å². The van der Waals surface area contributed by atoms with Gasteiger partial charge in [0.05, 0.1) is 9.80 Å². The van der Waals surface area contributed by atoms with E-state index in [9.17, 15) is 10.1 Å². The minimum atomic E-state index is -0.530. The Hall–Kier alpha value is -2.55. The van der Waals surface area contributed by atoms with Crippen LogP contribution >= 0.6 is 11.3 Å². The molecule has 96 valence electrons. The first-order valence-electron chi connectivity index (χ1n) is 5.21. The maximum atomic E-state index is 10.9. The Labute approximate surface area is 110 Å². The van der Waals surface area contributed by atoms with Crippen LogP contribution in [0, 0.1) is 10.1 Å². The summed E-state index contributed by atoms with van der Waals surface area (Å²) in [7, 11) is 1.58. The van der Waals surface area contributed by atoms with E-state index in [0.29, 0.717) is 5.82 Å². The Morgan fingerprint density at radius 3 is 3.05 bits per heavy atom. The van der Waals surface area contributed by atoms with Gasteiger partial charge in [0.25, 0.3) is 5.89 Å². The number of aromatic nitrogens is 4. The Kier molecular flexibility index (Phi) is 2.60. The maximum absolute atomic E-state index is 10.9. The van der Waals surface area contributed by atoms with Crippen LogP contribution in [-0.2, 0) is 7.05 Å². The molecule has 0 saturated heterocycles. The van der Waals surface area contributed by atoms with Crippen LogP contribution in [0.25, 0.3) is 22.3 Å². The number of nitrogens with zero attached hydrogens (tertiary/aromatic N) is 5. The number of rotatable bonds is 3. The summed E-state index contributed by atoms with van der Waals surface area (Å²) in [5, 5.41) is 20.4. The van der Waals surface area contributed by atoms with E-state index < -0.39 is 4.92 Å². The predicted octanol–water partition coefficient (Wildman–Crippen LogP) is 2.11. The molecule has 3 aromatic rings. The summed E-state index contributed by atoms with van der Waals surface area (Å²) < 4.78 is 6.42. The number of hydrogen-bond acceptors (Lipinski definition) is 7. The van der Waals surface area contributed by atoms with Crippen molar-refractivity contribution in [1.82, 2.24) is 19.9 Å². The van der Waals surface area contributed by atoms with Crippen LogP contribution in [-0.4, -0.2) is 24.8 Å². The second-order valence-corrected chi connectivity index (χ2v) is 4.61. The average molecular weight is 277 g/mol. The molecule has 0 atom stereocenters. The molecule has 0 amide bonds. The zero-order valence-electron chi connectivity index (χ0n) is 9.68. The quantitative estimate of drug-likeness (QED) is 0.537. The van der Waals surface area contributed by atoms with E-state index in [4.69, 9.17) is 4.52 Å². The molecule has 8 nitrogen and oxygen atoms in total. The summed E-state index contributed by atoms with van der Waals surface area (Å²) in [6, 6.07) is 3.71. The lowest BCUT2D eigenvalue weighted by Gasteiger charge is -1.93. The molecule has 0 bridgehead atoms. The summed E-state index contributed by atoms with van der Waals surface area (Å²) in [6.07, 6.45) is 1.16. The van der Waals surface area contributed by atoms with Crippen LogP contribution in [0.2, 0.25) is 0 Å². The van der Waals surface area contributed by atoms with E-state index in [2.05, 4.69) is 15.2 Å². The molecule has 0 aromatic carbocycles. The Morgan fingerprint density at radius 2 is 2.37 bits per heavy atom. The molecule has 0 aliphatic heterocycles. The monoisotopic (exact) mass is 277 g/mol. The molecule has 0 spiro atoms. The van der Waals surface area contributed by atoms with Crippen molar-refractivity contribution >= 4 is 17.0 Å². The lowest BCUT2D eigenvalue weighted by Crippen LogP contribution is -1.96. The van der Waals surface area contributed by atoms with Crippen LogP contribution in [0.15, 0.2) is 28.2 Å². The van der Waals surface area contributed by atoms with Crippen LogP contribution in [0.1, 0.15) is 0 Å². The first-order valence-corrected chi connectivity index (χ1v) is 6.09. The SMILES string of the molecule is Cn1ncc([N+](=O)[O-])c1-c1nc(-c2cccs2)no1. The lowest BCUT2D eigenvalue weighted by atomic mass is 10.3. The molecular weight excluding hydrogens is 270 g/mol. The van der Waals surface area contributed by atoms with E-state index in [1.54, 1.807) is 7.05 Å². The lowest BCUT2D eigenvalue weighted by molar-refractivity contribution is -0.384. The minimum Gasteiger partial charge on any atom is -0.332 e. The molecule has 0 aliphatic rings. The second-order valence-electron chi connectivity index (χ2n) is 3.66. The highest BCUT2D eigenvalue weighted by atomic mass is 32.1. The molecule has 0 fully saturated rings. The van der Waals surface area contributed by atoms with Crippen molar-refractivity contribution in [3.8, 4) is 22.3 Å². The third-order valence-electron chi connectivity index (χ3n) is 2.49. The van der Waals surface area contributed by atoms with Crippen molar-refractivity contribution < 1.29 is 9.45 Å². The summed E-state index contributed by atoms with van der Waals surface area (Å²) in [4.78, 5) is 15.4. The zero-order chi connectivity index (χ0) is 13.4. The zero-order valence-corrected chi connectivity index (χ0v) is 10.5. The fraction of sp³-hybridized carbons (Fsp3) is 0.100. The van der Waals surface area contributed by atoms with Crippen molar-refractivity contribution in [2.75, 3.05) is 0 Å². The number of hydrogen-bond donors (Lipinski definition) is 0. The van der Waals surface area contributed by atoms with Gasteiger partial charge >= 0.3 is 5.69 Å². The number of thiophene rings is 1. The summed E-state index contributed by atoms with van der Waals surface area (Å²) >= 11 is 1.46. The molecule has 0 saturated carbocycles. The van der Waals surface area contributed by atoms with Gasteiger partial charge in [0.1, 0.15) is 6.20 Å². The first-order chi connectivity index (χ1) is 9.16. The van der Waals surface area contributed by atoms with Gasteiger partial charge in [0, 0.05) is 7.05 Å². The highest BCUT2D eigenvalue weighted by Crippen LogP contribution is 2.30. The smallest absolute Gasteiger partial charge is 0.320 e. The van der Waals surface area contributed by atoms with Crippen molar-refractivity contribution in [3.63, 3.8) is 0 Å². The van der Waals surface area contributed by atoms with E-state index in [1.807, 2.05) is 17.5 Å². The van der Waals surface area contributed by atoms with Gasteiger partial charge in [-0.1, -0.05) is 11.2 Å². The average Bonchev–Trinajstić information content (AvgIpc) is 3.07. The topological polar surface area (TPSA) is 99.9 Å². The number of nitro groups is 1. The molecule has 0 unspecified atom stereocenters. The summed E-state index contributed by atoms with van der Waals surface area (Å²) in [5.41, 5.74) is 0.0317. The molecule has 0 aliphatic carbocycles. The van der Waals surface area contributed by atoms with Gasteiger partial charge in [-0.05, 0) is 11.4 Å². The van der Waals surface area contributed by atoms with Crippen LogP contribution in [0.3, 0.4) is 0 Å². The normalized spacial score (nSPS) is 10.8. The summed E-state index contributed by atoms with van der Waals surface area (Å²) in [5.74, 6) is 0.482. The van der Waals surface area contributed by atoms with Crippen molar-refractivity contribution in [3.05, 3.63) is 33.8 Å². The first kappa shape index (κ1) is 11.5. The van der Waals surface area contributed by atoms with E-state index >= 15 is 0 Å². The third kappa shape index (κ3) is 1.89. The number of aryl methyl sites for hydroxylation is 1. The predicted molar refractivity (Wildman–Crippen MR) is 66.5 cm³/mol. The fourth-order valence-corrected chi connectivity index (χ4v) is 2.28. The highest BCUT2D eigenvalue weighted by Gasteiger charge is 2.26. The Bertz CT molecular complexity index is 730. The standard InChI is InChI=1S/C10H7N5O3S/c1-14-8(6(5-11-14)15(16)17)10-12-9(13-18-10)7-3-2-4-19-7/h2-5H,1H3. The Morgan fingerprint density at radius 1 is 1.53 bits per heavy atom. The van der Waals surface area contributed by atoms with E-state index in [0.717, 1.165) is 11.1 Å². The molecular formula is C10H7N5O3S. The molecule has 0 N–H and O–H groups in total. The van der Waals surface area contributed by atoms with Gasteiger partial charge in [-0.25, -0.2) is 0 Å². The third-order valence-corrected chi connectivity index (χ3v) is 3.35. The molecule has 3 heterocycles. The van der Waals surface area contributed by atoms with Crippen molar-refractivity contribution in [1.29, 1.82) is 0 Å². The van der Waals surface area contributed by atoms with Gasteiger partial charge < -0.3 is 4.52 Å². The molecule has 3 rings (SSSR count). The van der Waals surface area contributed by atoms with Gasteiger partial charge in [-0.3, -0.25) is 14.8 Å².